The van der Waals surface area contributed by atoms with Crippen molar-refractivity contribution >= 4 is 23.7 Å². The van der Waals surface area contributed by atoms with E-state index in [1.54, 1.807) is 13.8 Å². The average Bonchev–Trinajstić information content (AvgIpc) is 2.47. The monoisotopic (exact) mass is 310 g/mol. The molecule has 1 atom stereocenters. The van der Waals surface area contributed by atoms with Gasteiger partial charge in [-0.15, -0.1) is 11.8 Å². The van der Waals surface area contributed by atoms with Crippen LogP contribution in [0, 0.1) is 0 Å². The van der Waals surface area contributed by atoms with Gasteiger partial charge >= 0.3 is 6.03 Å². The van der Waals surface area contributed by atoms with Gasteiger partial charge in [-0.1, -0.05) is 0 Å². The van der Waals surface area contributed by atoms with E-state index in [1.807, 2.05) is 18.2 Å². The standard InChI is InChI=1S/C14H18N2O4S/c1-3-15-14(18)16-13(17)9(2)21-10-4-5-11-12(8-10)20-7-6-19-11/h4-5,8-9H,3,6-7H2,1-2H3,(H2,15,16,17,18)/t9-/m0/s1. The minimum absolute atomic E-state index is 0.333. The first-order valence-electron chi connectivity index (χ1n) is 6.75. The van der Waals surface area contributed by atoms with Crippen molar-refractivity contribution in [2.75, 3.05) is 19.8 Å². The van der Waals surface area contributed by atoms with E-state index in [9.17, 15) is 9.59 Å². The van der Waals surface area contributed by atoms with Gasteiger partial charge in [0.05, 0.1) is 5.25 Å². The fourth-order valence-electron chi connectivity index (χ4n) is 1.77. The molecule has 0 bridgehead atoms. The number of thioether (sulfide) groups is 1. The van der Waals surface area contributed by atoms with E-state index in [4.69, 9.17) is 9.47 Å². The van der Waals surface area contributed by atoms with Crippen molar-refractivity contribution in [2.45, 2.75) is 24.0 Å². The van der Waals surface area contributed by atoms with Crippen molar-refractivity contribution in [3.63, 3.8) is 0 Å². The molecule has 0 saturated heterocycles. The predicted octanol–water partition coefficient (Wildman–Crippen LogP) is 1.78. The van der Waals surface area contributed by atoms with Crippen LogP contribution in [0.1, 0.15) is 13.8 Å². The number of carbonyl (C=O) groups is 2. The summed E-state index contributed by atoms with van der Waals surface area (Å²) in [7, 11) is 0. The highest BCUT2D eigenvalue weighted by Crippen LogP contribution is 2.35. The molecule has 21 heavy (non-hydrogen) atoms. The fraction of sp³-hybridized carbons (Fsp3) is 0.429. The summed E-state index contributed by atoms with van der Waals surface area (Å²) in [6, 6.07) is 5.06. The maximum Gasteiger partial charge on any atom is 0.321 e. The Morgan fingerprint density at radius 3 is 2.71 bits per heavy atom. The molecule has 0 fully saturated rings. The number of hydrogen-bond donors (Lipinski definition) is 2. The van der Waals surface area contributed by atoms with Crippen LogP contribution in [0.15, 0.2) is 23.1 Å². The third kappa shape index (κ3) is 4.29. The summed E-state index contributed by atoms with van der Waals surface area (Å²) in [4.78, 5) is 24.1. The van der Waals surface area contributed by atoms with Crippen LogP contribution in [0.25, 0.3) is 0 Å². The molecule has 2 rings (SSSR count). The zero-order chi connectivity index (χ0) is 15.2. The molecule has 0 aliphatic carbocycles. The second-order valence-electron chi connectivity index (χ2n) is 4.41. The molecule has 1 aromatic carbocycles. The van der Waals surface area contributed by atoms with Crippen LogP contribution in [-0.4, -0.2) is 36.9 Å². The Hall–Kier alpha value is -1.89. The fourth-order valence-corrected chi connectivity index (χ4v) is 2.67. The summed E-state index contributed by atoms with van der Waals surface area (Å²) in [5.74, 6) is 1.06. The number of benzene rings is 1. The second-order valence-corrected chi connectivity index (χ2v) is 5.83. The Morgan fingerprint density at radius 2 is 2.00 bits per heavy atom. The van der Waals surface area contributed by atoms with E-state index in [-0.39, 0.29) is 5.91 Å². The number of amides is 3. The molecule has 1 aliphatic rings. The minimum Gasteiger partial charge on any atom is -0.486 e. The Labute approximate surface area is 127 Å². The number of rotatable bonds is 4. The highest BCUT2D eigenvalue weighted by atomic mass is 32.2. The molecule has 6 nitrogen and oxygen atoms in total. The number of ether oxygens (including phenoxy) is 2. The van der Waals surface area contributed by atoms with Gasteiger partial charge in [0.25, 0.3) is 0 Å². The molecule has 0 radical (unpaired) electrons. The van der Waals surface area contributed by atoms with Gasteiger partial charge in [-0.25, -0.2) is 4.79 Å². The first kappa shape index (κ1) is 15.5. The number of nitrogens with one attached hydrogen (secondary N) is 2. The summed E-state index contributed by atoms with van der Waals surface area (Å²) in [5.41, 5.74) is 0. The topological polar surface area (TPSA) is 76.7 Å². The molecule has 0 saturated carbocycles. The number of urea groups is 1. The number of fused-ring (bicyclic) bond motifs is 1. The van der Waals surface area contributed by atoms with Gasteiger partial charge in [-0.3, -0.25) is 10.1 Å². The lowest BCUT2D eigenvalue weighted by atomic mass is 10.3. The van der Waals surface area contributed by atoms with E-state index in [0.717, 1.165) is 4.90 Å². The summed E-state index contributed by atoms with van der Waals surface area (Å²) in [6.45, 7) is 5.08. The number of hydrogen-bond acceptors (Lipinski definition) is 5. The molecular formula is C14H18N2O4S. The van der Waals surface area contributed by atoms with Crippen molar-refractivity contribution in [1.82, 2.24) is 10.6 Å². The maximum absolute atomic E-state index is 11.9. The summed E-state index contributed by atoms with van der Waals surface area (Å²) >= 11 is 1.36. The van der Waals surface area contributed by atoms with E-state index in [2.05, 4.69) is 10.6 Å². The third-order valence-electron chi connectivity index (χ3n) is 2.77. The summed E-state index contributed by atoms with van der Waals surface area (Å²) in [5, 5.41) is 4.42. The lowest BCUT2D eigenvalue weighted by Crippen LogP contribution is -2.42. The van der Waals surface area contributed by atoms with Gasteiger partial charge in [0.1, 0.15) is 13.2 Å². The average molecular weight is 310 g/mol. The summed E-state index contributed by atoms with van der Waals surface area (Å²) in [6.07, 6.45) is 0. The van der Waals surface area contributed by atoms with Crippen molar-refractivity contribution in [2.24, 2.45) is 0 Å². The second kappa shape index (κ2) is 7.21. The predicted molar refractivity (Wildman–Crippen MR) is 80.0 cm³/mol. The Morgan fingerprint density at radius 1 is 1.29 bits per heavy atom. The Balaban J connectivity index is 1.94. The third-order valence-corrected chi connectivity index (χ3v) is 3.86. The van der Waals surface area contributed by atoms with Crippen LogP contribution in [-0.2, 0) is 4.79 Å². The van der Waals surface area contributed by atoms with Crippen LogP contribution < -0.4 is 20.1 Å². The smallest absolute Gasteiger partial charge is 0.321 e. The van der Waals surface area contributed by atoms with E-state index < -0.39 is 11.3 Å². The Bertz CT molecular complexity index is 536. The molecule has 7 heteroatoms. The van der Waals surface area contributed by atoms with Crippen molar-refractivity contribution in [1.29, 1.82) is 0 Å². The number of imide groups is 1. The van der Waals surface area contributed by atoms with Gasteiger partial charge in [-0.2, -0.15) is 0 Å². The first-order chi connectivity index (χ1) is 10.1. The van der Waals surface area contributed by atoms with Gasteiger partial charge in [0, 0.05) is 11.4 Å². The first-order valence-corrected chi connectivity index (χ1v) is 7.63. The quantitative estimate of drug-likeness (QED) is 0.829. The lowest BCUT2D eigenvalue weighted by Gasteiger charge is -2.19. The van der Waals surface area contributed by atoms with Crippen LogP contribution in [0.2, 0.25) is 0 Å². The van der Waals surface area contributed by atoms with Crippen molar-refractivity contribution in [3.05, 3.63) is 18.2 Å². The number of carbonyl (C=O) groups excluding carboxylic acids is 2. The van der Waals surface area contributed by atoms with Gasteiger partial charge in [0.2, 0.25) is 5.91 Å². The highest BCUT2D eigenvalue weighted by molar-refractivity contribution is 8.00. The molecule has 1 heterocycles. The zero-order valence-corrected chi connectivity index (χ0v) is 12.8. The van der Waals surface area contributed by atoms with Gasteiger partial charge in [0.15, 0.2) is 11.5 Å². The molecule has 0 aromatic heterocycles. The lowest BCUT2D eigenvalue weighted by molar-refractivity contribution is -0.119. The largest absolute Gasteiger partial charge is 0.486 e. The molecule has 2 N–H and O–H groups in total. The van der Waals surface area contributed by atoms with E-state index in [0.29, 0.717) is 31.3 Å². The van der Waals surface area contributed by atoms with Crippen LogP contribution in [0.5, 0.6) is 11.5 Å². The Kier molecular flexibility index (Phi) is 5.32. The van der Waals surface area contributed by atoms with E-state index in [1.165, 1.54) is 11.8 Å². The molecule has 114 valence electrons. The van der Waals surface area contributed by atoms with Crippen LogP contribution in [0.4, 0.5) is 4.79 Å². The van der Waals surface area contributed by atoms with Gasteiger partial charge < -0.3 is 14.8 Å². The molecule has 0 unspecified atom stereocenters. The maximum atomic E-state index is 11.9. The normalized spacial score (nSPS) is 14.2. The SMILES string of the molecule is CCNC(=O)NC(=O)[C@H](C)Sc1ccc2c(c1)OCCO2. The zero-order valence-electron chi connectivity index (χ0n) is 12.0. The van der Waals surface area contributed by atoms with Gasteiger partial charge in [-0.05, 0) is 32.0 Å². The van der Waals surface area contributed by atoms with Crippen LogP contribution in [0.3, 0.4) is 0 Å². The van der Waals surface area contributed by atoms with E-state index >= 15 is 0 Å². The van der Waals surface area contributed by atoms with Crippen LogP contribution >= 0.6 is 11.8 Å². The molecule has 1 aromatic rings. The summed E-state index contributed by atoms with van der Waals surface area (Å²) < 4.78 is 10.9. The van der Waals surface area contributed by atoms with Crippen molar-refractivity contribution in [3.8, 4) is 11.5 Å². The molecule has 0 spiro atoms. The molecular weight excluding hydrogens is 292 g/mol. The molecule has 3 amide bonds. The molecule has 1 aliphatic heterocycles. The van der Waals surface area contributed by atoms with Crippen molar-refractivity contribution < 1.29 is 19.1 Å². The highest BCUT2D eigenvalue weighted by Gasteiger charge is 2.18. The minimum atomic E-state index is -0.475.